The zero-order valence-electron chi connectivity index (χ0n) is 20.4. The molecule has 0 bridgehead atoms. The molecule has 0 saturated heterocycles. The normalized spacial score (nSPS) is 13.0. The molecule has 0 aliphatic rings. The molecule has 0 aromatic heterocycles. The Labute approximate surface area is 217 Å². The quantitative estimate of drug-likeness (QED) is 0.460. The van der Waals surface area contributed by atoms with E-state index < -0.39 is 28.5 Å². The highest BCUT2D eigenvalue weighted by molar-refractivity contribution is 7.92. The highest BCUT2D eigenvalue weighted by Gasteiger charge is 2.30. The summed E-state index contributed by atoms with van der Waals surface area (Å²) >= 11 is 12.3. The van der Waals surface area contributed by atoms with Crippen LogP contribution in [0.25, 0.3) is 0 Å². The van der Waals surface area contributed by atoms with Gasteiger partial charge in [0.1, 0.15) is 18.3 Å². The fourth-order valence-electron chi connectivity index (χ4n) is 3.30. The lowest BCUT2D eigenvalue weighted by Gasteiger charge is -2.32. The molecule has 35 heavy (non-hydrogen) atoms. The molecule has 0 spiro atoms. The predicted molar refractivity (Wildman–Crippen MR) is 140 cm³/mol. The van der Waals surface area contributed by atoms with Crippen LogP contribution in [0.5, 0.6) is 5.75 Å². The molecule has 8 nitrogen and oxygen atoms in total. The number of methoxy groups -OCH3 is 1. The predicted octanol–water partition coefficient (Wildman–Crippen LogP) is 4.10. The second kappa shape index (κ2) is 12.5. The Kier molecular flexibility index (Phi) is 10.2. The number of carbonyl (C=O) groups is 2. The number of carbonyl (C=O) groups excluding carboxylic acids is 2. The van der Waals surface area contributed by atoms with Crippen molar-refractivity contribution < 1.29 is 22.7 Å². The van der Waals surface area contributed by atoms with Crippen LogP contribution >= 0.6 is 23.2 Å². The highest BCUT2D eigenvalue weighted by Crippen LogP contribution is 2.30. The number of hydrogen-bond acceptors (Lipinski definition) is 5. The first-order valence-corrected chi connectivity index (χ1v) is 13.6. The molecule has 2 aromatic rings. The van der Waals surface area contributed by atoms with Gasteiger partial charge in [-0.2, -0.15) is 0 Å². The van der Waals surface area contributed by atoms with Crippen LogP contribution in [-0.2, 0) is 26.2 Å². The lowest BCUT2D eigenvalue weighted by atomic mass is 10.1. The van der Waals surface area contributed by atoms with Crippen molar-refractivity contribution >= 4 is 50.7 Å². The topological polar surface area (TPSA) is 96.0 Å². The van der Waals surface area contributed by atoms with Crippen molar-refractivity contribution in [2.45, 2.75) is 45.8 Å². The summed E-state index contributed by atoms with van der Waals surface area (Å²) in [5.41, 5.74) is 0.901. The van der Waals surface area contributed by atoms with Gasteiger partial charge >= 0.3 is 0 Å². The number of ether oxygens (including phenoxy) is 1. The molecule has 2 rings (SSSR count). The van der Waals surface area contributed by atoms with E-state index in [0.717, 1.165) is 17.0 Å². The maximum Gasteiger partial charge on any atom is 0.244 e. The van der Waals surface area contributed by atoms with Gasteiger partial charge in [-0.1, -0.05) is 42.3 Å². The smallest absolute Gasteiger partial charge is 0.244 e. The maximum atomic E-state index is 13.5. The average molecular weight is 545 g/mol. The van der Waals surface area contributed by atoms with E-state index in [9.17, 15) is 18.0 Å². The minimum atomic E-state index is -3.87. The van der Waals surface area contributed by atoms with Crippen molar-refractivity contribution in [1.29, 1.82) is 0 Å². The average Bonchev–Trinajstić information content (AvgIpc) is 2.79. The van der Waals surface area contributed by atoms with E-state index in [2.05, 4.69) is 5.32 Å². The van der Waals surface area contributed by atoms with Crippen molar-refractivity contribution in [2.75, 3.05) is 24.2 Å². The van der Waals surface area contributed by atoms with Gasteiger partial charge in [0.25, 0.3) is 0 Å². The summed E-state index contributed by atoms with van der Waals surface area (Å²) in [5.74, 6) is -0.532. The molecular formula is C24H31Cl2N3O5S. The van der Waals surface area contributed by atoms with E-state index >= 15 is 0 Å². The summed E-state index contributed by atoms with van der Waals surface area (Å²) in [7, 11) is -2.42. The molecule has 1 N–H and O–H groups in total. The number of rotatable bonds is 11. The van der Waals surface area contributed by atoms with E-state index in [1.54, 1.807) is 31.2 Å². The van der Waals surface area contributed by atoms with E-state index in [1.165, 1.54) is 30.2 Å². The number of halogens is 2. The standard InChI is InChI=1S/C24H31Cl2N3O5S/c1-6-16(2)27-24(31)17(3)28(14-18-8-7-9-19(25)12-18)23(30)15-29(35(5,32)33)20-10-11-22(34-4)21(26)13-20/h7-13,16-17H,6,14-15H2,1-5H3,(H,27,31)/t16-,17+/m1/s1. The first-order valence-electron chi connectivity index (χ1n) is 11.0. The fourth-order valence-corrected chi connectivity index (χ4v) is 4.61. The monoisotopic (exact) mass is 543 g/mol. The number of sulfonamides is 1. The highest BCUT2D eigenvalue weighted by atomic mass is 35.5. The van der Waals surface area contributed by atoms with Crippen LogP contribution in [0.1, 0.15) is 32.8 Å². The van der Waals surface area contributed by atoms with Crippen LogP contribution in [-0.4, -0.2) is 57.1 Å². The number of anilines is 1. The van der Waals surface area contributed by atoms with Crippen LogP contribution in [0.3, 0.4) is 0 Å². The number of nitrogens with zero attached hydrogens (tertiary/aromatic N) is 2. The third-order valence-corrected chi connectivity index (χ3v) is 7.18. The van der Waals surface area contributed by atoms with Gasteiger partial charge in [-0.3, -0.25) is 13.9 Å². The van der Waals surface area contributed by atoms with Crippen LogP contribution in [0.15, 0.2) is 42.5 Å². The second-order valence-electron chi connectivity index (χ2n) is 8.23. The number of nitrogens with one attached hydrogen (secondary N) is 1. The van der Waals surface area contributed by atoms with Gasteiger partial charge in [0.15, 0.2) is 0 Å². The van der Waals surface area contributed by atoms with Crippen LogP contribution in [0.4, 0.5) is 5.69 Å². The van der Waals surface area contributed by atoms with Gasteiger partial charge in [-0.15, -0.1) is 0 Å². The lowest BCUT2D eigenvalue weighted by Crippen LogP contribution is -2.52. The molecular weight excluding hydrogens is 513 g/mol. The van der Waals surface area contributed by atoms with E-state index in [0.29, 0.717) is 16.3 Å². The molecule has 0 aliphatic carbocycles. The fraction of sp³-hybridized carbons (Fsp3) is 0.417. The number of hydrogen-bond donors (Lipinski definition) is 1. The molecule has 192 valence electrons. The second-order valence-corrected chi connectivity index (χ2v) is 11.0. The van der Waals surface area contributed by atoms with Gasteiger partial charge < -0.3 is 15.0 Å². The molecule has 0 heterocycles. The van der Waals surface area contributed by atoms with E-state index in [-0.39, 0.29) is 29.2 Å². The molecule has 2 atom stereocenters. The van der Waals surface area contributed by atoms with E-state index in [4.69, 9.17) is 27.9 Å². The molecule has 11 heteroatoms. The SMILES string of the molecule is CC[C@@H](C)NC(=O)[C@H](C)N(Cc1cccc(Cl)c1)C(=O)CN(c1ccc(OC)c(Cl)c1)S(C)(=O)=O. The van der Waals surface area contributed by atoms with Gasteiger partial charge in [-0.25, -0.2) is 8.42 Å². The Morgan fingerprint density at radius 3 is 2.34 bits per heavy atom. The van der Waals surface area contributed by atoms with Crippen LogP contribution in [0, 0.1) is 0 Å². The van der Waals surface area contributed by atoms with Crippen LogP contribution in [0.2, 0.25) is 10.0 Å². The number of benzene rings is 2. The third kappa shape index (κ3) is 8.02. The number of amides is 2. The largest absolute Gasteiger partial charge is 0.495 e. The van der Waals surface area contributed by atoms with Crippen molar-refractivity contribution in [3.05, 3.63) is 58.1 Å². The Bertz CT molecular complexity index is 1160. The lowest BCUT2D eigenvalue weighted by molar-refractivity contribution is -0.139. The molecule has 0 aliphatic heterocycles. The first-order chi connectivity index (χ1) is 16.4. The summed E-state index contributed by atoms with van der Waals surface area (Å²) < 4.78 is 31.3. The molecule has 2 amide bonds. The Balaban J connectivity index is 2.41. The first kappa shape index (κ1) is 28.7. The third-order valence-electron chi connectivity index (χ3n) is 5.51. The van der Waals surface area contributed by atoms with Gasteiger partial charge in [-0.05, 0) is 56.2 Å². The summed E-state index contributed by atoms with van der Waals surface area (Å²) in [6, 6.07) is 10.4. The van der Waals surface area contributed by atoms with Crippen molar-refractivity contribution in [3.63, 3.8) is 0 Å². The summed E-state index contributed by atoms with van der Waals surface area (Å²) in [6.07, 6.45) is 1.72. The summed E-state index contributed by atoms with van der Waals surface area (Å²) in [6.45, 7) is 4.95. The van der Waals surface area contributed by atoms with Gasteiger partial charge in [0.05, 0.1) is 24.1 Å². The molecule has 0 fully saturated rings. The van der Waals surface area contributed by atoms with Crippen molar-refractivity contribution in [1.82, 2.24) is 10.2 Å². The van der Waals surface area contributed by atoms with Gasteiger partial charge in [0, 0.05) is 17.6 Å². The Morgan fingerprint density at radius 1 is 1.11 bits per heavy atom. The Hall–Kier alpha value is -2.49. The zero-order chi connectivity index (χ0) is 26.3. The van der Waals surface area contributed by atoms with Crippen molar-refractivity contribution in [3.8, 4) is 5.75 Å². The minimum absolute atomic E-state index is 0.0649. The van der Waals surface area contributed by atoms with Crippen molar-refractivity contribution in [2.24, 2.45) is 0 Å². The molecule has 0 radical (unpaired) electrons. The van der Waals surface area contributed by atoms with Gasteiger partial charge in [0.2, 0.25) is 21.8 Å². The summed E-state index contributed by atoms with van der Waals surface area (Å²) in [5, 5.41) is 3.56. The minimum Gasteiger partial charge on any atom is -0.495 e. The zero-order valence-corrected chi connectivity index (χ0v) is 22.7. The molecule has 2 aromatic carbocycles. The van der Waals surface area contributed by atoms with E-state index in [1.807, 2.05) is 13.8 Å². The Morgan fingerprint density at radius 2 is 1.80 bits per heavy atom. The maximum absolute atomic E-state index is 13.5. The summed E-state index contributed by atoms with van der Waals surface area (Å²) in [4.78, 5) is 27.8. The molecule has 0 saturated carbocycles. The molecule has 0 unspecified atom stereocenters. The van der Waals surface area contributed by atoms with Crippen LogP contribution < -0.4 is 14.4 Å².